The number of nitrogens with zero attached hydrogens (tertiary/aromatic N) is 3. The Morgan fingerprint density at radius 1 is 1.02 bits per heavy atom. The summed E-state index contributed by atoms with van der Waals surface area (Å²) in [5.74, 6) is 0.103. The van der Waals surface area contributed by atoms with Crippen molar-refractivity contribution in [1.82, 2.24) is 14.9 Å². The Bertz CT molecular complexity index is 1540. The minimum absolute atomic E-state index is 0.00262. The maximum Gasteiger partial charge on any atom is 0.408 e. The molecule has 0 spiro atoms. The van der Waals surface area contributed by atoms with E-state index in [1.807, 2.05) is 38.1 Å². The molecule has 2 amide bonds. The Labute approximate surface area is 255 Å². The molecule has 228 valence electrons. The van der Waals surface area contributed by atoms with Gasteiger partial charge >= 0.3 is 6.09 Å². The maximum atomic E-state index is 14.0. The van der Waals surface area contributed by atoms with E-state index >= 15 is 0 Å². The highest BCUT2D eigenvalue weighted by molar-refractivity contribution is 7.98. The maximum absolute atomic E-state index is 14.0. The third-order valence-corrected chi connectivity index (χ3v) is 8.49. The van der Waals surface area contributed by atoms with Crippen molar-refractivity contribution in [1.29, 1.82) is 0 Å². The van der Waals surface area contributed by atoms with Crippen molar-refractivity contribution in [3.8, 4) is 5.75 Å². The number of hydrogen-bond acceptors (Lipinski definition) is 8. The van der Waals surface area contributed by atoms with E-state index in [1.165, 1.54) is 18.6 Å². The van der Waals surface area contributed by atoms with Crippen LogP contribution in [0.25, 0.3) is 0 Å². The van der Waals surface area contributed by atoms with Crippen molar-refractivity contribution in [2.45, 2.75) is 82.2 Å². The minimum Gasteiger partial charge on any atom is -0.456 e. The van der Waals surface area contributed by atoms with Gasteiger partial charge in [-0.15, -0.1) is 11.8 Å². The predicted molar refractivity (Wildman–Crippen MR) is 165 cm³/mol. The number of hydrogen-bond donors (Lipinski definition) is 2. The van der Waals surface area contributed by atoms with Crippen molar-refractivity contribution in [3.05, 3.63) is 93.4 Å². The van der Waals surface area contributed by atoms with Gasteiger partial charge in [0.25, 0.3) is 5.91 Å². The fourth-order valence-electron chi connectivity index (χ4n) is 5.26. The highest BCUT2D eigenvalue weighted by Crippen LogP contribution is 2.43. The fraction of sp³-hybridized carbons (Fsp3) is 0.406. The molecule has 5 rings (SSSR count). The molecule has 0 aliphatic carbocycles. The molecule has 0 bridgehead atoms. The van der Waals surface area contributed by atoms with Crippen molar-refractivity contribution < 1.29 is 24.2 Å². The zero-order valence-corrected chi connectivity index (χ0v) is 26.1. The van der Waals surface area contributed by atoms with Crippen molar-refractivity contribution >= 4 is 23.8 Å². The summed E-state index contributed by atoms with van der Waals surface area (Å²) in [4.78, 5) is 42.4. The lowest BCUT2D eigenvalue weighted by molar-refractivity contribution is -0.0453. The number of carbonyl (C=O) groups excluding carboxylic acids is 2. The summed E-state index contributed by atoms with van der Waals surface area (Å²) >= 11 is 1.77. The van der Waals surface area contributed by atoms with E-state index in [-0.39, 0.29) is 30.2 Å². The van der Waals surface area contributed by atoms with Gasteiger partial charge in [-0.1, -0.05) is 42.5 Å². The zero-order valence-electron chi connectivity index (χ0n) is 25.2. The standard InChI is InChI=1S/C32H38N4O6S/c1-19(2)34-18-36(26-22-12-8-7-11-21(22)17-43-25-14-10-9-13-23(25)26)35-16-15-24(37)28(27(35)29(34)38)41-30(39)20(3)33-31(40)42-32(4,5)6/h7-16,19-20,26,30,39H,17-18H2,1-6H3,(H,33,40)/t20-,26?,30?/m0/s1. The van der Waals surface area contributed by atoms with Crippen LogP contribution in [0.4, 0.5) is 4.79 Å². The summed E-state index contributed by atoms with van der Waals surface area (Å²) in [5.41, 5.74) is 2.06. The highest BCUT2D eigenvalue weighted by Gasteiger charge is 2.40. The molecule has 2 N–H and O–H groups in total. The van der Waals surface area contributed by atoms with Crippen LogP contribution in [0.5, 0.6) is 5.75 Å². The van der Waals surface area contributed by atoms with Gasteiger partial charge in [-0.05, 0) is 64.3 Å². The second kappa shape index (κ2) is 12.0. The summed E-state index contributed by atoms with van der Waals surface area (Å²) in [6, 6.07) is 16.4. The van der Waals surface area contributed by atoms with Crippen LogP contribution in [0.1, 0.15) is 74.8 Å². The van der Waals surface area contributed by atoms with Crippen LogP contribution in [0.2, 0.25) is 0 Å². The third kappa shape index (κ3) is 6.23. The van der Waals surface area contributed by atoms with Crippen molar-refractivity contribution in [2.75, 3.05) is 11.7 Å². The molecule has 2 aliphatic rings. The first kappa shape index (κ1) is 30.5. The summed E-state index contributed by atoms with van der Waals surface area (Å²) < 4.78 is 12.8. The van der Waals surface area contributed by atoms with Gasteiger partial charge < -0.3 is 24.8 Å². The number of aliphatic hydroxyl groups is 1. The Hall–Kier alpha value is -3.96. The SMILES string of the molecule is CC(C)N1CN(C2c3ccccc3CSc3ccccc32)n2ccc(=O)c(OC(O)[C@H](C)NC(=O)OC(C)(C)C)c2C1=O. The number of aliphatic hydroxyl groups excluding tert-OH is 1. The molecule has 2 aromatic carbocycles. The molecule has 11 heteroatoms. The van der Waals surface area contributed by atoms with Crippen LogP contribution in [0.3, 0.4) is 0 Å². The monoisotopic (exact) mass is 606 g/mol. The number of fused-ring (bicyclic) bond motifs is 3. The normalized spacial score (nSPS) is 17.8. The lowest BCUT2D eigenvalue weighted by Crippen LogP contribution is -2.57. The quantitative estimate of drug-likeness (QED) is 0.391. The summed E-state index contributed by atoms with van der Waals surface area (Å²) in [6.45, 7) is 10.8. The zero-order chi connectivity index (χ0) is 31.1. The molecule has 3 atom stereocenters. The number of amides is 2. The van der Waals surface area contributed by atoms with Gasteiger partial charge in [0.1, 0.15) is 12.3 Å². The van der Waals surface area contributed by atoms with Gasteiger partial charge in [0.05, 0.1) is 12.1 Å². The first-order valence-corrected chi connectivity index (χ1v) is 15.3. The second-order valence-electron chi connectivity index (χ2n) is 12.0. The van der Waals surface area contributed by atoms with Crippen molar-refractivity contribution in [3.63, 3.8) is 0 Å². The second-order valence-corrected chi connectivity index (χ2v) is 13.0. The number of rotatable bonds is 6. The van der Waals surface area contributed by atoms with Crippen LogP contribution in [0.15, 0.2) is 70.5 Å². The van der Waals surface area contributed by atoms with Gasteiger partial charge in [-0.2, -0.15) is 0 Å². The van der Waals surface area contributed by atoms with E-state index < -0.39 is 35.4 Å². The third-order valence-electron chi connectivity index (χ3n) is 7.35. The highest BCUT2D eigenvalue weighted by atomic mass is 32.2. The lowest BCUT2D eigenvalue weighted by atomic mass is 9.94. The molecule has 10 nitrogen and oxygen atoms in total. The van der Waals surface area contributed by atoms with Crippen LogP contribution in [-0.2, 0) is 10.5 Å². The van der Waals surface area contributed by atoms with E-state index in [4.69, 9.17) is 9.47 Å². The molecule has 43 heavy (non-hydrogen) atoms. The van der Waals surface area contributed by atoms with Crippen molar-refractivity contribution in [2.24, 2.45) is 0 Å². The fourth-order valence-corrected chi connectivity index (χ4v) is 6.36. The number of thioether (sulfide) groups is 1. The summed E-state index contributed by atoms with van der Waals surface area (Å²) in [6.07, 6.45) is -0.803. The largest absolute Gasteiger partial charge is 0.456 e. The van der Waals surface area contributed by atoms with Crippen LogP contribution in [0, 0.1) is 0 Å². The topological polar surface area (TPSA) is 113 Å². The lowest BCUT2D eigenvalue weighted by Gasteiger charge is -2.45. The van der Waals surface area contributed by atoms with Gasteiger partial charge in [0.15, 0.2) is 5.69 Å². The molecule has 0 fully saturated rings. The number of nitrogens with one attached hydrogen (secondary N) is 1. The number of benzene rings is 2. The Kier molecular flexibility index (Phi) is 8.49. The van der Waals surface area contributed by atoms with Gasteiger partial charge in [0, 0.05) is 29.0 Å². The molecular formula is C32H38N4O6S. The Balaban J connectivity index is 1.60. The van der Waals surface area contributed by atoms with Gasteiger partial charge in [-0.3, -0.25) is 19.3 Å². The molecule has 3 aromatic rings. The van der Waals surface area contributed by atoms with E-state index in [1.54, 1.807) is 48.3 Å². The van der Waals surface area contributed by atoms with E-state index in [2.05, 4.69) is 34.6 Å². The number of carbonyl (C=O) groups is 2. The summed E-state index contributed by atoms with van der Waals surface area (Å²) in [5, 5.41) is 15.5. The van der Waals surface area contributed by atoms with E-state index in [0.29, 0.717) is 0 Å². The number of ether oxygens (including phenoxy) is 2. The molecule has 2 aliphatic heterocycles. The average Bonchev–Trinajstić information content (AvgIpc) is 3.10. The molecule has 3 heterocycles. The number of pyridine rings is 1. The van der Waals surface area contributed by atoms with Crippen LogP contribution >= 0.6 is 11.8 Å². The van der Waals surface area contributed by atoms with Gasteiger partial charge in [0.2, 0.25) is 17.5 Å². The molecule has 0 radical (unpaired) electrons. The molecular weight excluding hydrogens is 568 g/mol. The Morgan fingerprint density at radius 2 is 1.70 bits per heavy atom. The smallest absolute Gasteiger partial charge is 0.408 e. The van der Waals surface area contributed by atoms with E-state index in [9.17, 15) is 19.5 Å². The van der Waals surface area contributed by atoms with Crippen LogP contribution in [-0.4, -0.2) is 57.3 Å². The Morgan fingerprint density at radius 3 is 2.40 bits per heavy atom. The molecule has 2 unspecified atom stereocenters. The number of alkyl carbamates (subject to hydrolysis) is 1. The average molecular weight is 607 g/mol. The number of aromatic nitrogens is 1. The predicted octanol–water partition coefficient (Wildman–Crippen LogP) is 4.61. The van der Waals surface area contributed by atoms with Gasteiger partial charge in [-0.25, -0.2) is 4.79 Å². The molecule has 0 saturated heterocycles. The minimum atomic E-state index is -1.64. The first-order valence-electron chi connectivity index (χ1n) is 14.3. The van der Waals surface area contributed by atoms with Crippen LogP contribution < -0.4 is 20.5 Å². The molecule has 1 aromatic heterocycles. The first-order chi connectivity index (χ1) is 20.4. The molecule has 0 saturated carbocycles. The van der Waals surface area contributed by atoms with E-state index in [0.717, 1.165) is 21.8 Å². The summed E-state index contributed by atoms with van der Waals surface area (Å²) in [7, 11) is 0.